The van der Waals surface area contributed by atoms with Crippen LogP contribution in [0, 0.1) is 10.1 Å². The molecule has 0 aliphatic heterocycles. The molecule has 2 aromatic rings. The third-order valence-electron chi connectivity index (χ3n) is 3.85. The number of esters is 1. The highest BCUT2D eigenvalue weighted by Crippen LogP contribution is 2.29. The third kappa shape index (κ3) is 5.96. The van der Waals surface area contributed by atoms with E-state index in [1.807, 2.05) is 0 Å². The van der Waals surface area contributed by atoms with E-state index in [9.17, 15) is 19.7 Å². The molecule has 0 aliphatic carbocycles. The molecule has 30 heavy (non-hydrogen) atoms. The summed E-state index contributed by atoms with van der Waals surface area (Å²) in [4.78, 5) is 34.2. The number of nitro benzene ring substituents is 1. The van der Waals surface area contributed by atoms with Gasteiger partial charge in [-0.3, -0.25) is 14.9 Å². The number of benzene rings is 2. The molecular formula is C20H20N2O8. The van der Waals surface area contributed by atoms with Crippen molar-refractivity contribution in [3.05, 3.63) is 58.2 Å². The Morgan fingerprint density at radius 2 is 1.77 bits per heavy atom. The average Bonchev–Trinajstić information content (AvgIpc) is 2.75. The minimum atomic E-state index is -0.756. The molecule has 0 saturated carbocycles. The zero-order valence-electron chi connectivity index (χ0n) is 16.5. The maximum absolute atomic E-state index is 12.0. The molecule has 0 fully saturated rings. The van der Waals surface area contributed by atoms with Crippen molar-refractivity contribution < 1.29 is 33.5 Å². The normalized spacial score (nSPS) is 10.4. The van der Waals surface area contributed by atoms with Crippen LogP contribution in [-0.2, 0) is 14.3 Å². The van der Waals surface area contributed by atoms with Gasteiger partial charge in [-0.2, -0.15) is 0 Å². The Morgan fingerprint density at radius 1 is 1.03 bits per heavy atom. The summed E-state index contributed by atoms with van der Waals surface area (Å²) in [6, 6.07) is 8.80. The van der Waals surface area contributed by atoms with E-state index in [4.69, 9.17) is 18.9 Å². The number of amides is 1. The van der Waals surface area contributed by atoms with E-state index in [-0.39, 0.29) is 17.1 Å². The molecule has 1 N–H and O–H groups in total. The fourth-order valence-corrected chi connectivity index (χ4v) is 2.39. The second kappa shape index (κ2) is 10.5. The van der Waals surface area contributed by atoms with Crippen LogP contribution in [0.2, 0.25) is 0 Å². The number of hydrogen-bond donors (Lipinski definition) is 1. The van der Waals surface area contributed by atoms with E-state index in [1.165, 1.54) is 39.5 Å². The van der Waals surface area contributed by atoms with Gasteiger partial charge in [0.15, 0.2) is 6.61 Å². The quantitative estimate of drug-likeness (QED) is 0.286. The van der Waals surface area contributed by atoms with Crippen molar-refractivity contribution in [3.63, 3.8) is 0 Å². The van der Waals surface area contributed by atoms with E-state index >= 15 is 0 Å². The number of methoxy groups -OCH3 is 3. The van der Waals surface area contributed by atoms with E-state index in [0.717, 1.165) is 12.1 Å². The van der Waals surface area contributed by atoms with Crippen molar-refractivity contribution in [3.8, 4) is 17.2 Å². The van der Waals surface area contributed by atoms with Gasteiger partial charge in [-0.05, 0) is 24.3 Å². The molecule has 0 aromatic heterocycles. The highest BCUT2D eigenvalue weighted by Gasteiger charge is 2.14. The minimum absolute atomic E-state index is 0.0891. The number of non-ortho nitro benzene ring substituents is 1. The van der Waals surface area contributed by atoms with Crippen LogP contribution in [-0.4, -0.2) is 44.7 Å². The Hall–Kier alpha value is -4.08. The predicted molar refractivity (Wildman–Crippen MR) is 108 cm³/mol. The molecule has 0 bridgehead atoms. The van der Waals surface area contributed by atoms with E-state index in [0.29, 0.717) is 17.1 Å². The van der Waals surface area contributed by atoms with Crippen molar-refractivity contribution in [1.82, 2.24) is 0 Å². The van der Waals surface area contributed by atoms with Crippen LogP contribution in [0.1, 0.15) is 5.56 Å². The average molecular weight is 416 g/mol. The van der Waals surface area contributed by atoms with Crippen LogP contribution in [0.25, 0.3) is 6.08 Å². The second-order valence-electron chi connectivity index (χ2n) is 5.74. The van der Waals surface area contributed by atoms with Gasteiger partial charge in [-0.25, -0.2) is 4.79 Å². The first-order valence-corrected chi connectivity index (χ1v) is 8.57. The number of ether oxygens (including phenoxy) is 4. The number of nitrogens with one attached hydrogen (secondary N) is 1. The van der Waals surface area contributed by atoms with Crippen molar-refractivity contribution in [2.24, 2.45) is 0 Å². The van der Waals surface area contributed by atoms with Crippen molar-refractivity contribution in [2.75, 3.05) is 33.3 Å². The number of nitro groups is 1. The smallest absolute Gasteiger partial charge is 0.331 e. The number of hydrogen-bond acceptors (Lipinski definition) is 8. The molecule has 0 aliphatic rings. The first-order chi connectivity index (χ1) is 14.4. The van der Waals surface area contributed by atoms with Gasteiger partial charge in [0.25, 0.3) is 11.6 Å². The van der Waals surface area contributed by atoms with E-state index < -0.39 is 23.4 Å². The van der Waals surface area contributed by atoms with Crippen LogP contribution < -0.4 is 19.5 Å². The molecular weight excluding hydrogens is 396 g/mol. The van der Waals surface area contributed by atoms with Crippen LogP contribution >= 0.6 is 0 Å². The first-order valence-electron chi connectivity index (χ1n) is 8.57. The van der Waals surface area contributed by atoms with E-state index in [1.54, 1.807) is 18.2 Å². The Kier molecular flexibility index (Phi) is 7.74. The second-order valence-corrected chi connectivity index (χ2v) is 5.74. The molecule has 1 amide bonds. The van der Waals surface area contributed by atoms with Crippen LogP contribution in [0.3, 0.4) is 0 Å². The highest BCUT2D eigenvalue weighted by atomic mass is 16.6. The van der Waals surface area contributed by atoms with Gasteiger partial charge in [0, 0.05) is 29.8 Å². The summed E-state index contributed by atoms with van der Waals surface area (Å²) in [5, 5.41) is 13.3. The minimum Gasteiger partial charge on any atom is -0.497 e. The Balaban J connectivity index is 1.97. The van der Waals surface area contributed by atoms with E-state index in [2.05, 4.69) is 5.32 Å². The molecule has 2 aromatic carbocycles. The lowest BCUT2D eigenvalue weighted by Crippen LogP contribution is -2.20. The Morgan fingerprint density at radius 3 is 2.40 bits per heavy atom. The largest absolute Gasteiger partial charge is 0.497 e. The Labute approximate surface area is 172 Å². The van der Waals surface area contributed by atoms with Gasteiger partial charge in [0.1, 0.15) is 17.2 Å². The zero-order valence-corrected chi connectivity index (χ0v) is 16.5. The molecule has 0 atom stereocenters. The molecule has 0 unspecified atom stereocenters. The summed E-state index contributed by atoms with van der Waals surface area (Å²) in [5.74, 6) is -0.118. The van der Waals surface area contributed by atoms with Crippen LogP contribution in [0.5, 0.6) is 17.2 Å². The summed E-state index contributed by atoms with van der Waals surface area (Å²) < 4.78 is 20.3. The SMILES string of the molecule is COc1ccc(/C=C/C(=O)OCC(=O)Nc2cc([N+](=O)[O-])ccc2OC)c(OC)c1. The third-order valence-corrected chi connectivity index (χ3v) is 3.85. The number of carbonyl (C=O) groups excluding carboxylic acids is 2. The lowest BCUT2D eigenvalue weighted by atomic mass is 10.2. The maximum atomic E-state index is 12.0. The lowest BCUT2D eigenvalue weighted by Gasteiger charge is -2.10. The molecule has 0 spiro atoms. The summed E-state index contributed by atoms with van der Waals surface area (Å²) in [7, 11) is 4.36. The number of anilines is 1. The fourth-order valence-electron chi connectivity index (χ4n) is 2.39. The topological polar surface area (TPSA) is 126 Å². The number of rotatable bonds is 9. The van der Waals surface area contributed by atoms with Crippen LogP contribution in [0.4, 0.5) is 11.4 Å². The number of nitrogens with zero attached hydrogens (tertiary/aromatic N) is 1. The lowest BCUT2D eigenvalue weighted by molar-refractivity contribution is -0.384. The summed E-state index contributed by atoms with van der Waals surface area (Å²) >= 11 is 0. The summed E-state index contributed by atoms with van der Waals surface area (Å²) in [5.41, 5.74) is 0.478. The molecule has 0 radical (unpaired) electrons. The molecule has 2 rings (SSSR count). The predicted octanol–water partition coefficient (Wildman–Crippen LogP) is 2.82. The highest BCUT2D eigenvalue weighted by molar-refractivity contribution is 5.96. The van der Waals surface area contributed by atoms with Gasteiger partial charge in [-0.15, -0.1) is 0 Å². The molecule has 0 saturated heterocycles. The van der Waals surface area contributed by atoms with Crippen molar-refractivity contribution >= 4 is 29.3 Å². The standard InChI is InChI=1S/C20H20N2O8/c1-27-15-7-4-13(18(11-15)29-3)5-9-20(24)30-12-19(23)21-16-10-14(22(25)26)6-8-17(16)28-2/h4-11H,12H2,1-3H3,(H,21,23)/b9-5+. The van der Waals surface area contributed by atoms with Gasteiger partial charge >= 0.3 is 5.97 Å². The monoisotopic (exact) mass is 416 g/mol. The fraction of sp³-hybridized carbons (Fsp3) is 0.200. The van der Waals surface area contributed by atoms with Gasteiger partial charge < -0.3 is 24.3 Å². The van der Waals surface area contributed by atoms with Crippen LogP contribution in [0.15, 0.2) is 42.5 Å². The summed E-state index contributed by atoms with van der Waals surface area (Å²) in [6.45, 7) is -0.589. The zero-order chi connectivity index (χ0) is 22.1. The van der Waals surface area contributed by atoms with Crippen molar-refractivity contribution in [2.45, 2.75) is 0 Å². The van der Waals surface area contributed by atoms with Gasteiger partial charge in [0.05, 0.1) is 31.9 Å². The maximum Gasteiger partial charge on any atom is 0.331 e. The summed E-state index contributed by atoms with van der Waals surface area (Å²) in [6.07, 6.45) is 2.62. The number of carbonyl (C=O) groups is 2. The first kappa shape index (κ1) is 22.2. The molecule has 0 heterocycles. The Bertz CT molecular complexity index is 971. The van der Waals surface area contributed by atoms with Crippen molar-refractivity contribution in [1.29, 1.82) is 0 Å². The van der Waals surface area contributed by atoms with Gasteiger partial charge in [0.2, 0.25) is 0 Å². The molecule has 10 heteroatoms. The van der Waals surface area contributed by atoms with Gasteiger partial charge in [-0.1, -0.05) is 0 Å². The molecule has 10 nitrogen and oxygen atoms in total. The molecule has 158 valence electrons.